The predicted molar refractivity (Wildman–Crippen MR) is 113 cm³/mol. The molecule has 4 rings (SSSR count). The molecule has 3 aromatic carbocycles. The summed E-state index contributed by atoms with van der Waals surface area (Å²) in [6, 6.07) is 25.4. The summed E-state index contributed by atoms with van der Waals surface area (Å²) < 4.78 is 11.7. The summed E-state index contributed by atoms with van der Waals surface area (Å²) in [5, 5.41) is 0. The first-order chi connectivity index (χ1) is 15.1. The van der Waals surface area contributed by atoms with Gasteiger partial charge in [-0.1, -0.05) is 72.8 Å². The van der Waals surface area contributed by atoms with Crippen LogP contribution in [0.3, 0.4) is 0 Å². The number of carbonyl (C=O) groups is 3. The van der Waals surface area contributed by atoms with E-state index in [0.717, 1.165) is 11.1 Å². The van der Waals surface area contributed by atoms with Crippen LogP contribution in [0.2, 0.25) is 0 Å². The molecule has 0 aromatic heterocycles. The Morgan fingerprint density at radius 2 is 1.10 bits per heavy atom. The van der Waals surface area contributed by atoms with E-state index >= 15 is 0 Å². The number of ether oxygens (including phenoxy) is 2. The van der Waals surface area contributed by atoms with Crippen LogP contribution in [0.15, 0.2) is 84.9 Å². The number of hydrogen-bond donors (Lipinski definition) is 0. The van der Waals surface area contributed by atoms with Crippen LogP contribution in [0.4, 0.5) is 0 Å². The highest BCUT2D eigenvalue weighted by molar-refractivity contribution is 6.28. The minimum absolute atomic E-state index is 0.229. The van der Waals surface area contributed by atoms with Crippen LogP contribution >= 0.6 is 0 Å². The third-order valence-corrected chi connectivity index (χ3v) is 4.94. The molecule has 0 aliphatic carbocycles. The Bertz CT molecular complexity index is 1000. The van der Waals surface area contributed by atoms with Gasteiger partial charge >= 0.3 is 0 Å². The van der Waals surface area contributed by atoms with Crippen molar-refractivity contribution in [2.45, 2.75) is 25.9 Å². The Hall–Kier alpha value is -3.61. The Morgan fingerprint density at radius 3 is 1.55 bits per heavy atom. The summed E-state index contributed by atoms with van der Waals surface area (Å²) in [5.41, 5.74) is 2.30. The first-order valence-corrected chi connectivity index (χ1v) is 9.95. The lowest BCUT2D eigenvalue weighted by molar-refractivity contribution is -0.169. The molecule has 0 atom stereocenters. The van der Waals surface area contributed by atoms with Gasteiger partial charge in [-0.2, -0.15) is 0 Å². The second-order valence-electron chi connectivity index (χ2n) is 7.11. The van der Waals surface area contributed by atoms with Gasteiger partial charge in [0.05, 0.1) is 30.8 Å². The lowest BCUT2D eigenvalue weighted by atomic mass is 10.1. The maximum Gasteiger partial charge on any atom is 0.268 e. The van der Waals surface area contributed by atoms with Crippen molar-refractivity contribution < 1.29 is 23.9 Å². The van der Waals surface area contributed by atoms with Crippen molar-refractivity contribution in [1.82, 2.24) is 4.90 Å². The first-order valence-electron chi connectivity index (χ1n) is 9.95. The van der Waals surface area contributed by atoms with Crippen LogP contribution in [-0.2, 0) is 27.5 Å². The van der Waals surface area contributed by atoms with E-state index < -0.39 is 24.0 Å². The predicted octanol–water partition coefficient (Wildman–Crippen LogP) is 3.96. The molecular formula is C25H21NO5. The average molecular weight is 415 g/mol. The van der Waals surface area contributed by atoms with E-state index in [1.165, 1.54) is 12.1 Å². The van der Waals surface area contributed by atoms with E-state index in [2.05, 4.69) is 0 Å². The smallest absolute Gasteiger partial charge is 0.268 e. The molecule has 0 fully saturated rings. The van der Waals surface area contributed by atoms with Crippen LogP contribution in [0.1, 0.15) is 38.3 Å². The van der Waals surface area contributed by atoms with Crippen molar-refractivity contribution in [2.24, 2.45) is 0 Å². The molecule has 6 nitrogen and oxygen atoms in total. The standard InChI is InChI=1S/C25H21NO5/c27-22(26-24(28)20-13-7-8-14-21(20)25(26)29)15-23(30-16-18-9-3-1-4-10-18)31-17-19-11-5-2-6-12-19/h1-14,23H,15-17H2. The fourth-order valence-corrected chi connectivity index (χ4v) is 3.34. The number of imide groups is 3. The molecule has 156 valence electrons. The van der Waals surface area contributed by atoms with E-state index in [1.807, 2.05) is 60.7 Å². The number of amides is 3. The Labute approximate surface area is 180 Å². The molecule has 0 N–H and O–H groups in total. The van der Waals surface area contributed by atoms with E-state index in [1.54, 1.807) is 12.1 Å². The van der Waals surface area contributed by atoms with Gasteiger partial charge < -0.3 is 9.47 Å². The van der Waals surface area contributed by atoms with Crippen LogP contribution in [0.25, 0.3) is 0 Å². The third-order valence-electron chi connectivity index (χ3n) is 4.94. The molecule has 31 heavy (non-hydrogen) atoms. The average Bonchev–Trinajstić information content (AvgIpc) is 3.07. The molecule has 3 amide bonds. The number of nitrogens with zero attached hydrogens (tertiary/aromatic N) is 1. The van der Waals surface area contributed by atoms with Gasteiger partial charge in [0.15, 0.2) is 6.29 Å². The Morgan fingerprint density at radius 1 is 0.677 bits per heavy atom. The van der Waals surface area contributed by atoms with Crippen molar-refractivity contribution in [3.05, 3.63) is 107 Å². The molecular weight excluding hydrogens is 394 g/mol. The van der Waals surface area contributed by atoms with Crippen LogP contribution in [0.5, 0.6) is 0 Å². The number of benzene rings is 3. The lowest BCUT2D eigenvalue weighted by Crippen LogP contribution is -2.38. The molecule has 0 bridgehead atoms. The van der Waals surface area contributed by atoms with Crippen LogP contribution < -0.4 is 0 Å². The summed E-state index contributed by atoms with van der Waals surface area (Å²) in [5.74, 6) is -1.89. The molecule has 0 unspecified atom stereocenters. The molecule has 1 aliphatic heterocycles. The maximum absolute atomic E-state index is 12.9. The van der Waals surface area contributed by atoms with Gasteiger partial charge in [-0.3, -0.25) is 14.4 Å². The number of rotatable bonds is 8. The summed E-state index contributed by atoms with van der Waals surface area (Å²) in [6.07, 6.45) is -1.18. The molecule has 1 heterocycles. The van der Waals surface area contributed by atoms with Crippen molar-refractivity contribution >= 4 is 17.7 Å². The highest BCUT2D eigenvalue weighted by atomic mass is 16.7. The summed E-state index contributed by atoms with van der Waals surface area (Å²) in [7, 11) is 0. The number of carbonyl (C=O) groups excluding carboxylic acids is 3. The second kappa shape index (κ2) is 9.47. The zero-order chi connectivity index (χ0) is 21.6. The van der Waals surface area contributed by atoms with Crippen LogP contribution in [0, 0.1) is 0 Å². The number of hydrogen-bond acceptors (Lipinski definition) is 5. The Kier molecular flexibility index (Phi) is 6.31. The van der Waals surface area contributed by atoms with Gasteiger partial charge in [0.25, 0.3) is 11.8 Å². The fourth-order valence-electron chi connectivity index (χ4n) is 3.34. The van der Waals surface area contributed by atoms with Gasteiger partial charge in [0, 0.05) is 0 Å². The van der Waals surface area contributed by atoms with E-state index in [9.17, 15) is 14.4 Å². The molecule has 0 radical (unpaired) electrons. The molecule has 0 spiro atoms. The Balaban J connectivity index is 1.46. The third kappa shape index (κ3) is 4.77. The quantitative estimate of drug-likeness (QED) is 0.411. The van der Waals surface area contributed by atoms with E-state index in [0.29, 0.717) is 4.90 Å². The first kappa shape index (κ1) is 20.7. The zero-order valence-electron chi connectivity index (χ0n) is 16.8. The molecule has 0 saturated heterocycles. The van der Waals surface area contributed by atoms with Gasteiger partial charge in [-0.15, -0.1) is 0 Å². The number of fused-ring (bicyclic) bond motifs is 1. The SMILES string of the molecule is O=C(CC(OCc1ccccc1)OCc1ccccc1)N1C(=O)c2ccccc2C1=O. The van der Waals surface area contributed by atoms with Gasteiger partial charge in [-0.25, -0.2) is 4.90 Å². The van der Waals surface area contributed by atoms with Crippen molar-refractivity contribution in [3.63, 3.8) is 0 Å². The van der Waals surface area contributed by atoms with Crippen LogP contribution in [-0.4, -0.2) is 28.9 Å². The summed E-state index contributed by atoms with van der Waals surface area (Å²) in [4.78, 5) is 38.8. The molecule has 0 saturated carbocycles. The molecule has 1 aliphatic rings. The van der Waals surface area contributed by atoms with Gasteiger partial charge in [-0.05, 0) is 23.3 Å². The van der Waals surface area contributed by atoms with Crippen molar-refractivity contribution in [2.75, 3.05) is 0 Å². The van der Waals surface area contributed by atoms with E-state index in [-0.39, 0.29) is 30.8 Å². The van der Waals surface area contributed by atoms with E-state index in [4.69, 9.17) is 9.47 Å². The lowest BCUT2D eigenvalue weighted by Gasteiger charge is -2.20. The van der Waals surface area contributed by atoms with Crippen molar-refractivity contribution in [1.29, 1.82) is 0 Å². The highest BCUT2D eigenvalue weighted by Crippen LogP contribution is 2.24. The summed E-state index contributed by atoms with van der Waals surface area (Å²) >= 11 is 0. The van der Waals surface area contributed by atoms with Gasteiger partial charge in [0.1, 0.15) is 0 Å². The monoisotopic (exact) mass is 415 g/mol. The minimum Gasteiger partial charge on any atom is -0.347 e. The maximum atomic E-state index is 12.9. The fraction of sp³-hybridized carbons (Fsp3) is 0.160. The second-order valence-corrected chi connectivity index (χ2v) is 7.11. The van der Waals surface area contributed by atoms with Crippen molar-refractivity contribution in [3.8, 4) is 0 Å². The largest absolute Gasteiger partial charge is 0.347 e. The zero-order valence-corrected chi connectivity index (χ0v) is 16.8. The topological polar surface area (TPSA) is 72.9 Å². The highest BCUT2D eigenvalue weighted by Gasteiger charge is 2.40. The molecule has 6 heteroatoms. The van der Waals surface area contributed by atoms with Gasteiger partial charge in [0.2, 0.25) is 5.91 Å². The summed E-state index contributed by atoms with van der Waals surface area (Å²) in [6.45, 7) is 0.464. The molecule has 3 aromatic rings. The minimum atomic E-state index is -0.919. The normalized spacial score (nSPS) is 13.0.